The Kier molecular flexibility index (Phi) is 4.35. The molecule has 0 atom stereocenters. The van der Waals surface area contributed by atoms with Crippen LogP contribution in [0.5, 0.6) is 0 Å². The van der Waals surface area contributed by atoms with Gasteiger partial charge in [-0.15, -0.1) is 10.2 Å². The molecule has 110 valence electrons. The summed E-state index contributed by atoms with van der Waals surface area (Å²) in [6.07, 6.45) is 4.63. The number of aromatic nitrogens is 5. The average Bonchev–Trinajstić information content (AvgIpc) is 2.97. The second kappa shape index (κ2) is 6.19. The smallest absolute Gasteiger partial charge is 0.328 e. The van der Waals surface area contributed by atoms with Gasteiger partial charge in [-0.2, -0.15) is 5.21 Å². The van der Waals surface area contributed by atoms with Gasteiger partial charge in [-0.05, 0) is 17.7 Å². The summed E-state index contributed by atoms with van der Waals surface area (Å²) in [5.74, 6) is -0.952. The van der Waals surface area contributed by atoms with Crippen molar-refractivity contribution in [2.45, 2.75) is 11.4 Å². The minimum atomic E-state index is -3.81. The van der Waals surface area contributed by atoms with Crippen LogP contribution in [0.25, 0.3) is 6.08 Å². The van der Waals surface area contributed by atoms with Gasteiger partial charge in [-0.25, -0.2) is 17.9 Å². The number of rotatable bonds is 6. The number of aromatic amines is 1. The van der Waals surface area contributed by atoms with Crippen LogP contribution in [-0.2, 0) is 21.4 Å². The first-order valence-corrected chi connectivity index (χ1v) is 7.04. The number of hydrogen-bond donors (Lipinski definition) is 3. The van der Waals surface area contributed by atoms with Gasteiger partial charge < -0.3 is 5.11 Å². The van der Waals surface area contributed by atoms with E-state index in [0.29, 0.717) is 5.56 Å². The van der Waals surface area contributed by atoms with E-state index in [2.05, 4.69) is 30.3 Å². The van der Waals surface area contributed by atoms with Crippen LogP contribution in [0.4, 0.5) is 0 Å². The quantitative estimate of drug-likeness (QED) is 0.585. The van der Waals surface area contributed by atoms with Crippen molar-refractivity contribution in [3.8, 4) is 0 Å². The van der Waals surface area contributed by atoms with Crippen molar-refractivity contribution >= 4 is 22.1 Å². The van der Waals surface area contributed by atoms with Gasteiger partial charge in [-0.3, -0.25) is 4.98 Å². The van der Waals surface area contributed by atoms with Crippen LogP contribution < -0.4 is 4.72 Å². The lowest BCUT2D eigenvalue weighted by Gasteiger charge is -2.04. The third kappa shape index (κ3) is 4.15. The van der Waals surface area contributed by atoms with Crippen molar-refractivity contribution in [2.24, 2.45) is 0 Å². The van der Waals surface area contributed by atoms with Gasteiger partial charge in [0.15, 0.2) is 5.82 Å². The van der Waals surface area contributed by atoms with Gasteiger partial charge in [-0.1, -0.05) is 5.21 Å². The first kappa shape index (κ1) is 14.7. The topological polar surface area (TPSA) is 151 Å². The van der Waals surface area contributed by atoms with Crippen molar-refractivity contribution in [3.05, 3.63) is 35.9 Å². The van der Waals surface area contributed by atoms with E-state index in [0.717, 1.165) is 12.3 Å². The third-order valence-corrected chi connectivity index (χ3v) is 3.64. The van der Waals surface area contributed by atoms with E-state index >= 15 is 0 Å². The molecule has 21 heavy (non-hydrogen) atoms. The number of carbonyl (C=O) groups is 1. The molecule has 0 aliphatic carbocycles. The van der Waals surface area contributed by atoms with Gasteiger partial charge in [0, 0.05) is 18.5 Å². The first-order chi connectivity index (χ1) is 9.97. The molecule has 0 amide bonds. The summed E-state index contributed by atoms with van der Waals surface area (Å²) in [5, 5.41) is 21.3. The Hall–Kier alpha value is -2.66. The summed E-state index contributed by atoms with van der Waals surface area (Å²) >= 11 is 0. The molecule has 0 saturated heterocycles. The van der Waals surface area contributed by atoms with E-state index in [1.807, 2.05) is 0 Å². The standard InChI is InChI=1S/C10H10N6O4S/c17-10(18)2-1-7-3-8(5-11-4-7)21(19,20)12-6-9-13-15-16-14-9/h1-5,12H,6H2,(H,17,18)(H,13,14,15,16). The summed E-state index contributed by atoms with van der Waals surface area (Å²) in [5.41, 5.74) is 0.347. The van der Waals surface area contributed by atoms with Crippen molar-refractivity contribution < 1.29 is 18.3 Å². The number of nitrogens with zero attached hydrogens (tertiary/aromatic N) is 4. The normalized spacial score (nSPS) is 11.8. The number of carboxylic acids is 1. The Morgan fingerprint density at radius 2 is 2.24 bits per heavy atom. The maximum absolute atomic E-state index is 12.0. The molecule has 0 saturated carbocycles. The molecule has 2 heterocycles. The highest BCUT2D eigenvalue weighted by Crippen LogP contribution is 2.11. The summed E-state index contributed by atoms with van der Waals surface area (Å²) in [7, 11) is -3.81. The molecular formula is C10H10N6O4S. The summed E-state index contributed by atoms with van der Waals surface area (Å²) < 4.78 is 26.4. The van der Waals surface area contributed by atoms with Crippen LogP contribution in [0.3, 0.4) is 0 Å². The minimum absolute atomic E-state index is 0.0986. The van der Waals surface area contributed by atoms with Gasteiger partial charge >= 0.3 is 5.97 Å². The molecule has 3 N–H and O–H groups in total. The average molecular weight is 310 g/mol. The van der Waals surface area contributed by atoms with E-state index in [1.165, 1.54) is 18.3 Å². The monoisotopic (exact) mass is 310 g/mol. The van der Waals surface area contributed by atoms with Crippen molar-refractivity contribution in [2.75, 3.05) is 0 Å². The van der Waals surface area contributed by atoms with E-state index < -0.39 is 16.0 Å². The molecule has 2 aromatic rings. The van der Waals surface area contributed by atoms with Crippen LogP contribution >= 0.6 is 0 Å². The molecule has 0 spiro atoms. The number of hydrogen-bond acceptors (Lipinski definition) is 7. The minimum Gasteiger partial charge on any atom is -0.478 e. The molecule has 11 heteroatoms. The molecule has 0 unspecified atom stereocenters. The molecule has 0 bridgehead atoms. The number of nitrogens with one attached hydrogen (secondary N) is 2. The molecule has 0 fully saturated rings. The highest BCUT2D eigenvalue weighted by molar-refractivity contribution is 7.89. The second-order valence-corrected chi connectivity index (χ2v) is 5.55. The summed E-state index contributed by atoms with van der Waals surface area (Å²) in [6.45, 7) is -0.131. The molecule has 0 aliphatic heterocycles. The highest BCUT2D eigenvalue weighted by Gasteiger charge is 2.15. The molecule has 0 radical (unpaired) electrons. The molecule has 0 aromatic carbocycles. The Morgan fingerprint density at radius 1 is 1.43 bits per heavy atom. The van der Waals surface area contributed by atoms with Crippen molar-refractivity contribution in [3.63, 3.8) is 0 Å². The van der Waals surface area contributed by atoms with Crippen molar-refractivity contribution in [1.29, 1.82) is 0 Å². The summed E-state index contributed by atoms with van der Waals surface area (Å²) in [4.78, 5) is 14.1. The fourth-order valence-electron chi connectivity index (χ4n) is 1.34. The van der Waals surface area contributed by atoms with Crippen LogP contribution in [0.15, 0.2) is 29.4 Å². The van der Waals surface area contributed by atoms with Crippen LogP contribution in [-0.4, -0.2) is 45.1 Å². The highest BCUT2D eigenvalue weighted by atomic mass is 32.2. The fraction of sp³-hybridized carbons (Fsp3) is 0.100. The van der Waals surface area contributed by atoms with Gasteiger partial charge in [0.2, 0.25) is 10.0 Å². The molecule has 2 rings (SSSR count). The molecule has 10 nitrogen and oxygen atoms in total. The van der Waals surface area contributed by atoms with Gasteiger partial charge in [0.05, 0.1) is 6.54 Å². The second-order valence-electron chi connectivity index (χ2n) is 3.78. The Morgan fingerprint density at radius 3 is 2.90 bits per heavy atom. The van der Waals surface area contributed by atoms with Gasteiger partial charge in [0.1, 0.15) is 4.90 Å². The predicted molar refractivity (Wildman–Crippen MR) is 69.1 cm³/mol. The lowest BCUT2D eigenvalue weighted by molar-refractivity contribution is -0.131. The fourth-order valence-corrected chi connectivity index (χ4v) is 2.32. The Labute approximate surface area is 119 Å². The van der Waals surface area contributed by atoms with E-state index in [4.69, 9.17) is 5.11 Å². The zero-order valence-electron chi connectivity index (χ0n) is 10.5. The number of sulfonamides is 1. The number of aliphatic carboxylic acids is 1. The first-order valence-electron chi connectivity index (χ1n) is 5.55. The molecule has 2 aromatic heterocycles. The largest absolute Gasteiger partial charge is 0.478 e. The van der Waals surface area contributed by atoms with Crippen molar-refractivity contribution in [1.82, 2.24) is 30.3 Å². The lowest BCUT2D eigenvalue weighted by atomic mass is 10.2. The Balaban J connectivity index is 2.16. The zero-order chi connectivity index (χ0) is 15.3. The van der Waals surface area contributed by atoms with Crippen LogP contribution in [0.1, 0.15) is 11.4 Å². The molecule has 0 aliphatic rings. The number of pyridine rings is 1. The van der Waals surface area contributed by atoms with E-state index in [-0.39, 0.29) is 17.3 Å². The number of H-pyrrole nitrogens is 1. The maximum Gasteiger partial charge on any atom is 0.328 e. The molecular weight excluding hydrogens is 300 g/mol. The van der Waals surface area contributed by atoms with Crippen LogP contribution in [0, 0.1) is 0 Å². The van der Waals surface area contributed by atoms with Crippen LogP contribution in [0.2, 0.25) is 0 Å². The summed E-state index contributed by atoms with van der Waals surface area (Å²) in [6, 6.07) is 1.30. The van der Waals surface area contributed by atoms with E-state index in [1.54, 1.807) is 0 Å². The number of carboxylic acid groups (broad SMARTS) is 1. The number of tetrazole rings is 1. The van der Waals surface area contributed by atoms with E-state index in [9.17, 15) is 13.2 Å². The van der Waals surface area contributed by atoms with Gasteiger partial charge in [0.25, 0.3) is 0 Å². The maximum atomic E-state index is 12.0. The zero-order valence-corrected chi connectivity index (χ0v) is 11.3. The third-order valence-electron chi connectivity index (χ3n) is 2.27. The SMILES string of the molecule is O=C(O)C=Cc1cncc(S(=O)(=O)NCc2nn[nH]n2)c1. The Bertz CT molecular complexity index is 756. The predicted octanol–water partition coefficient (Wildman–Crippen LogP) is -0.829. The lowest BCUT2D eigenvalue weighted by Crippen LogP contribution is -2.24.